The second-order valence-corrected chi connectivity index (χ2v) is 5.41. The first-order valence-electron chi connectivity index (χ1n) is 5.80. The van der Waals surface area contributed by atoms with Crippen molar-refractivity contribution in [1.82, 2.24) is 10.6 Å². The fourth-order valence-electron chi connectivity index (χ4n) is 1.49. The zero-order valence-corrected chi connectivity index (χ0v) is 11.5. The van der Waals surface area contributed by atoms with Gasteiger partial charge in [0.25, 0.3) is 0 Å². The highest BCUT2D eigenvalue weighted by Gasteiger charge is 2.19. The Bertz CT molecular complexity index is 431. The fourth-order valence-corrected chi connectivity index (χ4v) is 2.37. The third-order valence-corrected chi connectivity index (χ3v) is 3.73. The Balaban J connectivity index is 2.52. The van der Waals surface area contributed by atoms with Crippen molar-refractivity contribution < 1.29 is 14.7 Å². The van der Waals surface area contributed by atoms with Crippen LogP contribution in [0.25, 0.3) is 0 Å². The Morgan fingerprint density at radius 1 is 1.39 bits per heavy atom. The molecule has 1 rings (SSSR count). The van der Waals surface area contributed by atoms with Crippen molar-refractivity contribution in [2.45, 2.75) is 39.3 Å². The molecule has 18 heavy (non-hydrogen) atoms. The third-order valence-electron chi connectivity index (χ3n) is 2.55. The highest BCUT2D eigenvalue weighted by molar-refractivity contribution is 7.12. The van der Waals surface area contributed by atoms with Crippen LogP contribution >= 0.6 is 11.3 Å². The molecule has 2 amide bonds. The third kappa shape index (κ3) is 4.03. The number of aryl methyl sites for hydroxylation is 1. The molecule has 0 aliphatic heterocycles. The van der Waals surface area contributed by atoms with Gasteiger partial charge in [-0.2, -0.15) is 0 Å². The van der Waals surface area contributed by atoms with Gasteiger partial charge in [-0.15, -0.1) is 11.3 Å². The van der Waals surface area contributed by atoms with Crippen LogP contribution in [-0.4, -0.2) is 23.1 Å². The summed E-state index contributed by atoms with van der Waals surface area (Å²) in [4.78, 5) is 24.6. The van der Waals surface area contributed by atoms with Gasteiger partial charge in [0.05, 0.1) is 6.04 Å². The maximum atomic E-state index is 11.6. The number of urea groups is 1. The fraction of sp³-hybridized carbons (Fsp3) is 0.500. The molecule has 0 spiro atoms. The summed E-state index contributed by atoms with van der Waals surface area (Å²) in [6.07, 6.45) is 0.356. The van der Waals surface area contributed by atoms with Gasteiger partial charge in [0.1, 0.15) is 6.04 Å². The molecule has 0 aromatic carbocycles. The van der Waals surface area contributed by atoms with Gasteiger partial charge in [-0.1, -0.05) is 6.92 Å². The van der Waals surface area contributed by atoms with Gasteiger partial charge >= 0.3 is 12.0 Å². The first-order valence-corrected chi connectivity index (χ1v) is 6.61. The van der Waals surface area contributed by atoms with E-state index in [-0.39, 0.29) is 6.04 Å². The monoisotopic (exact) mass is 270 g/mol. The topological polar surface area (TPSA) is 78.4 Å². The molecule has 0 aliphatic carbocycles. The van der Waals surface area contributed by atoms with Gasteiger partial charge in [0, 0.05) is 9.75 Å². The van der Waals surface area contributed by atoms with E-state index in [1.165, 1.54) is 4.88 Å². The summed E-state index contributed by atoms with van der Waals surface area (Å²) in [7, 11) is 0. The Labute approximate surface area is 110 Å². The molecule has 6 heteroatoms. The van der Waals surface area contributed by atoms with Gasteiger partial charge < -0.3 is 15.7 Å². The lowest BCUT2D eigenvalue weighted by molar-refractivity contribution is -0.139. The molecule has 1 aromatic heterocycles. The molecule has 100 valence electrons. The van der Waals surface area contributed by atoms with E-state index in [4.69, 9.17) is 5.11 Å². The molecule has 5 nitrogen and oxygen atoms in total. The summed E-state index contributed by atoms with van der Waals surface area (Å²) in [6.45, 7) is 5.58. The van der Waals surface area contributed by atoms with Crippen molar-refractivity contribution in [2.24, 2.45) is 0 Å². The minimum Gasteiger partial charge on any atom is -0.480 e. The molecule has 0 aliphatic rings. The molecular weight excluding hydrogens is 252 g/mol. The van der Waals surface area contributed by atoms with E-state index in [9.17, 15) is 9.59 Å². The van der Waals surface area contributed by atoms with Crippen LogP contribution in [0.15, 0.2) is 12.1 Å². The van der Waals surface area contributed by atoms with Crippen LogP contribution in [0.1, 0.15) is 36.1 Å². The number of nitrogens with one attached hydrogen (secondary N) is 2. The molecule has 0 saturated heterocycles. The van der Waals surface area contributed by atoms with Crippen LogP contribution in [0.4, 0.5) is 4.79 Å². The predicted octanol–water partition coefficient (Wildman–Crippen LogP) is 2.28. The van der Waals surface area contributed by atoms with E-state index in [2.05, 4.69) is 10.6 Å². The highest BCUT2D eigenvalue weighted by Crippen LogP contribution is 2.21. The Kier molecular flexibility index (Phi) is 5.15. The van der Waals surface area contributed by atoms with E-state index >= 15 is 0 Å². The average Bonchev–Trinajstić information content (AvgIpc) is 2.72. The van der Waals surface area contributed by atoms with Crippen LogP contribution in [0, 0.1) is 6.92 Å². The maximum Gasteiger partial charge on any atom is 0.326 e. The molecule has 0 fully saturated rings. The highest BCUT2D eigenvalue weighted by atomic mass is 32.1. The second kappa shape index (κ2) is 6.39. The van der Waals surface area contributed by atoms with Gasteiger partial charge in [0.15, 0.2) is 0 Å². The number of carboxylic acid groups (broad SMARTS) is 1. The molecule has 0 saturated carbocycles. The molecule has 1 aromatic rings. The second-order valence-electron chi connectivity index (χ2n) is 4.09. The summed E-state index contributed by atoms with van der Waals surface area (Å²) >= 11 is 1.61. The number of rotatable bonds is 5. The number of carboxylic acids is 1. The van der Waals surface area contributed by atoms with Crippen LogP contribution in [0.5, 0.6) is 0 Å². The van der Waals surface area contributed by atoms with Gasteiger partial charge in [-0.3, -0.25) is 0 Å². The Morgan fingerprint density at radius 3 is 2.50 bits per heavy atom. The largest absolute Gasteiger partial charge is 0.480 e. The van der Waals surface area contributed by atoms with Crippen molar-refractivity contribution in [3.05, 3.63) is 21.9 Å². The minimum absolute atomic E-state index is 0.130. The number of amides is 2. The SMILES string of the molecule is CCC(NC(=O)NC(C)c1ccc(C)s1)C(=O)O. The number of carbonyl (C=O) groups is 2. The maximum absolute atomic E-state index is 11.6. The normalized spacial score (nSPS) is 13.7. The molecule has 2 unspecified atom stereocenters. The molecule has 0 radical (unpaired) electrons. The zero-order valence-electron chi connectivity index (χ0n) is 10.7. The average molecular weight is 270 g/mol. The van der Waals surface area contributed by atoms with Gasteiger partial charge in [0.2, 0.25) is 0 Å². The predicted molar refractivity (Wildman–Crippen MR) is 70.9 cm³/mol. The number of aliphatic carboxylic acids is 1. The Hall–Kier alpha value is -1.56. The van der Waals surface area contributed by atoms with Crippen molar-refractivity contribution >= 4 is 23.3 Å². The first-order chi connectivity index (χ1) is 8.43. The minimum atomic E-state index is -1.02. The van der Waals surface area contributed by atoms with Gasteiger partial charge in [-0.05, 0) is 32.4 Å². The summed E-state index contributed by atoms with van der Waals surface area (Å²) in [5, 5.41) is 14.0. The van der Waals surface area contributed by atoms with Crippen molar-refractivity contribution in [3.8, 4) is 0 Å². The number of hydrogen-bond acceptors (Lipinski definition) is 3. The molecule has 3 N–H and O–H groups in total. The summed E-state index contributed by atoms with van der Waals surface area (Å²) < 4.78 is 0. The van der Waals surface area contributed by atoms with Crippen LogP contribution in [0.3, 0.4) is 0 Å². The summed E-state index contributed by atoms with van der Waals surface area (Å²) in [5.41, 5.74) is 0. The number of thiophene rings is 1. The Morgan fingerprint density at radius 2 is 2.06 bits per heavy atom. The molecule has 2 atom stereocenters. The number of hydrogen-bond donors (Lipinski definition) is 3. The van der Waals surface area contributed by atoms with Crippen molar-refractivity contribution in [2.75, 3.05) is 0 Å². The van der Waals surface area contributed by atoms with Crippen molar-refractivity contribution in [1.29, 1.82) is 0 Å². The summed E-state index contributed by atoms with van der Waals surface area (Å²) in [5.74, 6) is -1.02. The lowest BCUT2D eigenvalue weighted by Crippen LogP contribution is -2.46. The van der Waals surface area contributed by atoms with E-state index in [0.29, 0.717) is 6.42 Å². The van der Waals surface area contributed by atoms with Crippen LogP contribution in [0.2, 0.25) is 0 Å². The van der Waals surface area contributed by atoms with Crippen molar-refractivity contribution in [3.63, 3.8) is 0 Å². The summed E-state index contributed by atoms with van der Waals surface area (Å²) in [6, 6.07) is 2.52. The molecular formula is C12H18N2O3S. The number of carbonyl (C=O) groups excluding carboxylic acids is 1. The van der Waals surface area contributed by atoms with E-state index in [0.717, 1.165) is 4.88 Å². The zero-order chi connectivity index (χ0) is 13.7. The first kappa shape index (κ1) is 14.5. The molecule has 0 bridgehead atoms. The lowest BCUT2D eigenvalue weighted by atomic mass is 10.2. The lowest BCUT2D eigenvalue weighted by Gasteiger charge is -2.16. The quantitative estimate of drug-likeness (QED) is 0.768. The molecule has 1 heterocycles. The van der Waals surface area contributed by atoms with Gasteiger partial charge in [-0.25, -0.2) is 9.59 Å². The smallest absolute Gasteiger partial charge is 0.326 e. The standard InChI is InChI=1S/C12H18N2O3S/c1-4-9(11(15)16)14-12(17)13-8(3)10-6-5-7(2)18-10/h5-6,8-9H,4H2,1-3H3,(H,15,16)(H2,13,14,17). The van der Waals surface area contributed by atoms with E-state index in [1.807, 2.05) is 26.0 Å². The van der Waals surface area contributed by atoms with E-state index < -0.39 is 18.0 Å². The van der Waals surface area contributed by atoms with Crippen LogP contribution < -0.4 is 10.6 Å². The van der Waals surface area contributed by atoms with E-state index in [1.54, 1.807) is 18.3 Å². The van der Waals surface area contributed by atoms with Crippen LogP contribution in [-0.2, 0) is 4.79 Å².